The average Bonchev–Trinajstić information content (AvgIpc) is 2.70. The number of halogens is 1. The number of benzene rings is 1. The SMILES string of the molecule is CC(C)(CNC(=O)CN1CCN(Cc2ccc(Cl)cc2)CC1)N1CCOCC1. The molecule has 3 rings (SSSR count). The molecule has 2 aliphatic heterocycles. The molecule has 0 spiro atoms. The lowest BCUT2D eigenvalue weighted by molar-refractivity contribution is -0.123. The molecule has 7 heteroatoms. The Hall–Kier alpha value is -1.18. The molecule has 1 aromatic carbocycles. The van der Waals surface area contributed by atoms with Gasteiger partial charge in [0.05, 0.1) is 19.8 Å². The Bertz CT molecular complexity index is 624. The summed E-state index contributed by atoms with van der Waals surface area (Å²) in [6, 6.07) is 8.04. The van der Waals surface area contributed by atoms with Gasteiger partial charge in [-0.05, 0) is 31.5 Å². The van der Waals surface area contributed by atoms with E-state index in [4.69, 9.17) is 16.3 Å². The third-order valence-corrected chi connectivity index (χ3v) is 5.99. The monoisotopic (exact) mass is 408 g/mol. The summed E-state index contributed by atoms with van der Waals surface area (Å²) in [6.45, 7) is 13.7. The van der Waals surface area contributed by atoms with Crippen LogP contribution in [0.3, 0.4) is 0 Å². The number of rotatable bonds is 7. The number of nitrogens with one attached hydrogen (secondary N) is 1. The second-order valence-corrected chi connectivity index (χ2v) is 8.80. The summed E-state index contributed by atoms with van der Waals surface area (Å²) < 4.78 is 5.43. The van der Waals surface area contributed by atoms with Crippen molar-refractivity contribution in [2.24, 2.45) is 0 Å². The highest BCUT2D eigenvalue weighted by Crippen LogP contribution is 2.15. The van der Waals surface area contributed by atoms with Gasteiger partial charge in [-0.3, -0.25) is 19.5 Å². The summed E-state index contributed by atoms with van der Waals surface area (Å²) in [7, 11) is 0. The molecule has 0 radical (unpaired) electrons. The van der Waals surface area contributed by atoms with Crippen LogP contribution in [-0.4, -0.2) is 91.7 Å². The van der Waals surface area contributed by atoms with Crippen LogP contribution < -0.4 is 5.32 Å². The van der Waals surface area contributed by atoms with Gasteiger partial charge in [-0.1, -0.05) is 23.7 Å². The summed E-state index contributed by atoms with van der Waals surface area (Å²) >= 11 is 5.95. The molecule has 0 aromatic heterocycles. The van der Waals surface area contributed by atoms with Crippen LogP contribution in [0.15, 0.2) is 24.3 Å². The van der Waals surface area contributed by atoms with Crippen LogP contribution in [0.25, 0.3) is 0 Å². The zero-order chi connectivity index (χ0) is 20.0. The van der Waals surface area contributed by atoms with Gasteiger partial charge in [-0.25, -0.2) is 0 Å². The standard InChI is InChI=1S/C21H33ClN4O2/c1-21(2,26-11-13-28-14-12-26)17-23-20(27)16-25-9-7-24(8-10-25)15-18-3-5-19(22)6-4-18/h3-6H,7-17H2,1-2H3,(H,23,27). The van der Waals surface area contributed by atoms with Gasteiger partial charge in [-0.2, -0.15) is 0 Å². The number of carbonyl (C=O) groups excluding carboxylic acids is 1. The minimum absolute atomic E-state index is 0.0449. The quantitative estimate of drug-likeness (QED) is 0.744. The van der Waals surface area contributed by atoms with E-state index in [0.29, 0.717) is 13.1 Å². The highest BCUT2D eigenvalue weighted by Gasteiger charge is 2.29. The third-order valence-electron chi connectivity index (χ3n) is 5.74. The van der Waals surface area contributed by atoms with Crippen molar-refractivity contribution in [2.75, 3.05) is 65.6 Å². The minimum Gasteiger partial charge on any atom is -0.379 e. The van der Waals surface area contributed by atoms with E-state index < -0.39 is 0 Å². The van der Waals surface area contributed by atoms with Gasteiger partial charge >= 0.3 is 0 Å². The molecule has 2 heterocycles. The molecule has 2 aliphatic rings. The summed E-state index contributed by atoms with van der Waals surface area (Å²) in [5.41, 5.74) is 1.23. The molecular weight excluding hydrogens is 376 g/mol. The van der Waals surface area contributed by atoms with Crippen molar-refractivity contribution in [3.63, 3.8) is 0 Å². The van der Waals surface area contributed by atoms with Crippen LogP contribution in [0.2, 0.25) is 5.02 Å². The van der Waals surface area contributed by atoms with E-state index in [9.17, 15) is 4.79 Å². The number of hydrogen-bond donors (Lipinski definition) is 1. The Labute approximate surface area is 173 Å². The van der Waals surface area contributed by atoms with Crippen LogP contribution in [-0.2, 0) is 16.1 Å². The lowest BCUT2D eigenvalue weighted by Crippen LogP contribution is -2.56. The number of hydrogen-bond acceptors (Lipinski definition) is 5. The minimum atomic E-state index is -0.0449. The molecule has 28 heavy (non-hydrogen) atoms. The molecule has 0 aliphatic carbocycles. The first-order valence-electron chi connectivity index (χ1n) is 10.2. The van der Waals surface area contributed by atoms with Crippen molar-refractivity contribution in [3.05, 3.63) is 34.9 Å². The number of piperazine rings is 1. The Morgan fingerprint density at radius 1 is 1.04 bits per heavy atom. The van der Waals surface area contributed by atoms with Crippen molar-refractivity contribution < 1.29 is 9.53 Å². The summed E-state index contributed by atoms with van der Waals surface area (Å²) in [5, 5.41) is 3.91. The second-order valence-electron chi connectivity index (χ2n) is 8.37. The molecule has 1 N–H and O–H groups in total. The fourth-order valence-electron chi connectivity index (χ4n) is 3.81. The largest absolute Gasteiger partial charge is 0.379 e. The van der Waals surface area contributed by atoms with Crippen LogP contribution >= 0.6 is 11.6 Å². The lowest BCUT2D eigenvalue weighted by atomic mass is 10.0. The van der Waals surface area contributed by atoms with Gasteiger partial charge in [0.1, 0.15) is 0 Å². The normalized spacial score (nSPS) is 20.2. The van der Waals surface area contributed by atoms with Crippen molar-refractivity contribution in [1.82, 2.24) is 20.0 Å². The maximum atomic E-state index is 12.4. The third kappa shape index (κ3) is 6.42. The van der Waals surface area contributed by atoms with E-state index in [1.54, 1.807) is 0 Å². The number of morpholine rings is 1. The molecule has 6 nitrogen and oxygen atoms in total. The molecular formula is C21H33ClN4O2. The number of nitrogens with zero attached hydrogens (tertiary/aromatic N) is 3. The van der Waals surface area contributed by atoms with E-state index in [1.807, 2.05) is 12.1 Å². The Morgan fingerprint density at radius 3 is 2.29 bits per heavy atom. The molecule has 0 atom stereocenters. The van der Waals surface area contributed by atoms with E-state index >= 15 is 0 Å². The van der Waals surface area contributed by atoms with Crippen molar-refractivity contribution in [3.8, 4) is 0 Å². The Balaban J connectivity index is 1.35. The van der Waals surface area contributed by atoms with E-state index in [0.717, 1.165) is 64.0 Å². The first-order chi connectivity index (χ1) is 13.4. The van der Waals surface area contributed by atoms with Gasteiger partial charge in [0.2, 0.25) is 5.91 Å². The topological polar surface area (TPSA) is 48.1 Å². The van der Waals surface area contributed by atoms with E-state index in [2.05, 4.69) is 46.0 Å². The van der Waals surface area contributed by atoms with Gasteiger partial charge in [-0.15, -0.1) is 0 Å². The van der Waals surface area contributed by atoms with Crippen LogP contribution in [0, 0.1) is 0 Å². The van der Waals surface area contributed by atoms with Gasteiger partial charge in [0.25, 0.3) is 0 Å². The van der Waals surface area contributed by atoms with Crippen molar-refractivity contribution in [2.45, 2.75) is 25.9 Å². The Kier molecular flexibility index (Phi) is 7.71. The van der Waals surface area contributed by atoms with Gasteiger partial charge in [0.15, 0.2) is 0 Å². The summed E-state index contributed by atoms with van der Waals surface area (Å²) in [6.07, 6.45) is 0. The highest BCUT2D eigenvalue weighted by atomic mass is 35.5. The van der Waals surface area contributed by atoms with Crippen molar-refractivity contribution in [1.29, 1.82) is 0 Å². The second kappa shape index (κ2) is 10.0. The summed E-state index contributed by atoms with van der Waals surface area (Å²) in [4.78, 5) is 19.5. The zero-order valence-electron chi connectivity index (χ0n) is 17.1. The van der Waals surface area contributed by atoms with E-state index in [1.165, 1.54) is 5.56 Å². The first kappa shape index (κ1) is 21.5. The first-order valence-corrected chi connectivity index (χ1v) is 10.6. The van der Waals surface area contributed by atoms with E-state index in [-0.39, 0.29) is 11.4 Å². The molecule has 0 saturated carbocycles. The predicted molar refractivity (Wildman–Crippen MR) is 113 cm³/mol. The molecule has 1 aromatic rings. The highest BCUT2D eigenvalue weighted by molar-refractivity contribution is 6.30. The molecule has 2 saturated heterocycles. The van der Waals surface area contributed by atoms with Crippen LogP contribution in [0.5, 0.6) is 0 Å². The summed E-state index contributed by atoms with van der Waals surface area (Å²) in [5.74, 6) is 0.118. The number of carbonyl (C=O) groups is 1. The van der Waals surface area contributed by atoms with Gasteiger partial charge in [0, 0.05) is 62.9 Å². The fraction of sp³-hybridized carbons (Fsp3) is 0.667. The van der Waals surface area contributed by atoms with Crippen LogP contribution in [0.4, 0.5) is 0 Å². The smallest absolute Gasteiger partial charge is 0.234 e. The molecule has 156 valence electrons. The lowest BCUT2D eigenvalue weighted by Gasteiger charge is -2.41. The fourth-order valence-corrected chi connectivity index (χ4v) is 3.93. The predicted octanol–water partition coefficient (Wildman–Crippen LogP) is 1.68. The van der Waals surface area contributed by atoms with Crippen molar-refractivity contribution >= 4 is 17.5 Å². The maximum absolute atomic E-state index is 12.4. The average molecular weight is 409 g/mol. The van der Waals surface area contributed by atoms with Crippen LogP contribution in [0.1, 0.15) is 19.4 Å². The molecule has 2 fully saturated rings. The van der Waals surface area contributed by atoms with Gasteiger partial charge < -0.3 is 10.1 Å². The number of amides is 1. The maximum Gasteiger partial charge on any atom is 0.234 e. The molecule has 0 bridgehead atoms. The Morgan fingerprint density at radius 2 is 1.64 bits per heavy atom. The molecule has 0 unspecified atom stereocenters. The molecule has 1 amide bonds. The zero-order valence-corrected chi connectivity index (χ0v) is 17.9. The number of ether oxygens (including phenoxy) is 1.